The van der Waals surface area contributed by atoms with E-state index in [1.807, 2.05) is 62.4 Å². The standard InChI is InChI=1S/C18H16N4O/c1-13(21-17-7-3-5-11-19-17)15-9-10-16(23-15)14(2)22-18-8-4-6-12-20-18/h3-12H,1-2H3/b21-13-,22-14+. The predicted octanol–water partition coefficient (Wildman–Crippen LogP) is 4.35. The van der Waals surface area contributed by atoms with Gasteiger partial charge in [-0.1, -0.05) is 12.1 Å². The van der Waals surface area contributed by atoms with E-state index in [-0.39, 0.29) is 0 Å². The van der Waals surface area contributed by atoms with E-state index in [1.54, 1.807) is 12.4 Å². The second-order valence-corrected chi connectivity index (χ2v) is 4.93. The fourth-order valence-corrected chi connectivity index (χ4v) is 2.02. The van der Waals surface area contributed by atoms with Crippen LogP contribution in [0.25, 0.3) is 0 Å². The molecule has 0 radical (unpaired) electrons. The minimum Gasteiger partial charge on any atom is -0.454 e. The van der Waals surface area contributed by atoms with Gasteiger partial charge in [0.05, 0.1) is 11.4 Å². The number of furan rings is 1. The topological polar surface area (TPSA) is 63.6 Å². The van der Waals surface area contributed by atoms with Crippen molar-refractivity contribution in [1.29, 1.82) is 0 Å². The molecule has 5 nitrogen and oxygen atoms in total. The lowest BCUT2D eigenvalue weighted by molar-refractivity contribution is 0.547. The Morgan fingerprint density at radius 2 is 1.22 bits per heavy atom. The molecule has 0 aromatic carbocycles. The van der Waals surface area contributed by atoms with Crippen LogP contribution in [0.1, 0.15) is 25.4 Å². The molecule has 0 saturated heterocycles. The highest BCUT2D eigenvalue weighted by Gasteiger charge is 2.08. The predicted molar refractivity (Wildman–Crippen MR) is 90.9 cm³/mol. The van der Waals surface area contributed by atoms with Gasteiger partial charge in [-0.15, -0.1) is 0 Å². The summed E-state index contributed by atoms with van der Waals surface area (Å²) in [5, 5.41) is 0. The van der Waals surface area contributed by atoms with Crippen LogP contribution >= 0.6 is 0 Å². The molecule has 3 heterocycles. The van der Waals surface area contributed by atoms with Gasteiger partial charge in [0.15, 0.2) is 11.6 Å². The molecule has 0 aliphatic heterocycles. The summed E-state index contributed by atoms with van der Waals surface area (Å²) in [6.45, 7) is 3.78. The molecule has 0 amide bonds. The quantitative estimate of drug-likeness (QED) is 0.673. The van der Waals surface area contributed by atoms with Gasteiger partial charge in [-0.2, -0.15) is 0 Å². The number of hydrogen-bond acceptors (Lipinski definition) is 5. The number of aliphatic imine (C=N–C) groups is 2. The van der Waals surface area contributed by atoms with Crippen molar-refractivity contribution in [2.24, 2.45) is 9.98 Å². The first-order valence-corrected chi connectivity index (χ1v) is 7.25. The van der Waals surface area contributed by atoms with Crippen molar-refractivity contribution in [3.05, 3.63) is 72.4 Å². The third kappa shape index (κ3) is 3.77. The lowest BCUT2D eigenvalue weighted by atomic mass is 10.3. The van der Waals surface area contributed by atoms with Crippen molar-refractivity contribution in [2.45, 2.75) is 13.8 Å². The largest absolute Gasteiger partial charge is 0.454 e. The van der Waals surface area contributed by atoms with Crippen LogP contribution in [-0.2, 0) is 0 Å². The van der Waals surface area contributed by atoms with Crippen LogP contribution in [0.15, 0.2) is 75.3 Å². The zero-order valence-corrected chi connectivity index (χ0v) is 13.0. The molecule has 0 unspecified atom stereocenters. The van der Waals surface area contributed by atoms with Crippen molar-refractivity contribution in [1.82, 2.24) is 9.97 Å². The highest BCUT2D eigenvalue weighted by molar-refractivity contribution is 6.01. The SMILES string of the molecule is C/C(=N/c1ccccn1)c1ccc(/C(C)=N/c2ccccn2)o1. The minimum atomic E-state index is 0.654. The molecule has 3 aromatic rings. The number of pyridine rings is 2. The van der Waals surface area contributed by atoms with Crippen molar-refractivity contribution in [3.8, 4) is 0 Å². The molecule has 0 saturated carbocycles. The number of hydrogen-bond donors (Lipinski definition) is 0. The minimum absolute atomic E-state index is 0.654. The summed E-state index contributed by atoms with van der Waals surface area (Å²) in [7, 11) is 0. The van der Waals surface area contributed by atoms with Crippen LogP contribution in [-0.4, -0.2) is 21.4 Å². The van der Waals surface area contributed by atoms with Gasteiger partial charge in [0.25, 0.3) is 0 Å². The molecule has 0 atom stereocenters. The fraction of sp³-hybridized carbons (Fsp3) is 0.111. The maximum atomic E-state index is 5.83. The molecule has 0 aliphatic carbocycles. The van der Waals surface area contributed by atoms with Gasteiger partial charge < -0.3 is 4.42 Å². The van der Waals surface area contributed by atoms with Crippen molar-refractivity contribution >= 4 is 23.1 Å². The van der Waals surface area contributed by atoms with Crippen LogP contribution in [0.3, 0.4) is 0 Å². The van der Waals surface area contributed by atoms with Gasteiger partial charge >= 0.3 is 0 Å². The van der Waals surface area contributed by atoms with Gasteiger partial charge in [-0.05, 0) is 50.2 Å². The molecule has 114 valence electrons. The van der Waals surface area contributed by atoms with Crippen LogP contribution in [0.4, 0.5) is 11.6 Å². The maximum absolute atomic E-state index is 5.83. The summed E-state index contributed by atoms with van der Waals surface area (Å²) in [6, 6.07) is 15.0. The Balaban J connectivity index is 1.83. The molecule has 0 N–H and O–H groups in total. The summed E-state index contributed by atoms with van der Waals surface area (Å²) < 4.78 is 5.83. The van der Waals surface area contributed by atoms with Gasteiger partial charge in [0, 0.05) is 12.4 Å². The Kier molecular flexibility index (Phi) is 4.38. The van der Waals surface area contributed by atoms with E-state index in [2.05, 4.69) is 20.0 Å². The first-order valence-electron chi connectivity index (χ1n) is 7.25. The van der Waals surface area contributed by atoms with E-state index in [0.29, 0.717) is 23.2 Å². The average Bonchev–Trinajstić information content (AvgIpc) is 3.07. The summed E-state index contributed by atoms with van der Waals surface area (Å²) in [6.07, 6.45) is 3.42. The van der Waals surface area contributed by atoms with Gasteiger partial charge in [0.2, 0.25) is 0 Å². The van der Waals surface area contributed by atoms with Gasteiger partial charge in [-0.25, -0.2) is 20.0 Å². The van der Waals surface area contributed by atoms with E-state index >= 15 is 0 Å². The Bertz CT molecular complexity index is 766. The smallest absolute Gasteiger partial charge is 0.152 e. The van der Waals surface area contributed by atoms with Crippen molar-refractivity contribution < 1.29 is 4.42 Å². The maximum Gasteiger partial charge on any atom is 0.152 e. The van der Waals surface area contributed by atoms with Crippen molar-refractivity contribution in [3.63, 3.8) is 0 Å². The van der Waals surface area contributed by atoms with E-state index in [0.717, 1.165) is 11.4 Å². The average molecular weight is 304 g/mol. The number of aromatic nitrogens is 2. The van der Waals surface area contributed by atoms with Crippen molar-refractivity contribution in [2.75, 3.05) is 0 Å². The third-order valence-electron chi connectivity index (χ3n) is 3.18. The molecule has 5 heteroatoms. The first-order chi connectivity index (χ1) is 11.2. The summed E-state index contributed by atoms with van der Waals surface area (Å²) in [5.41, 5.74) is 1.53. The zero-order valence-electron chi connectivity index (χ0n) is 13.0. The second-order valence-electron chi connectivity index (χ2n) is 4.93. The number of nitrogens with zero attached hydrogens (tertiary/aromatic N) is 4. The second kappa shape index (κ2) is 6.79. The zero-order chi connectivity index (χ0) is 16.1. The molecule has 0 aliphatic rings. The summed E-state index contributed by atoms with van der Waals surface area (Å²) in [4.78, 5) is 17.3. The molecule has 0 fully saturated rings. The Hall–Kier alpha value is -3.08. The van der Waals surface area contributed by atoms with Crippen LogP contribution < -0.4 is 0 Å². The Morgan fingerprint density at radius 3 is 1.61 bits per heavy atom. The lowest BCUT2D eigenvalue weighted by Crippen LogP contribution is -1.94. The van der Waals surface area contributed by atoms with E-state index in [1.165, 1.54) is 0 Å². The van der Waals surface area contributed by atoms with E-state index < -0.39 is 0 Å². The normalized spacial score (nSPS) is 12.4. The third-order valence-corrected chi connectivity index (χ3v) is 3.18. The van der Waals surface area contributed by atoms with Gasteiger partial charge in [-0.3, -0.25) is 0 Å². The summed E-state index contributed by atoms with van der Waals surface area (Å²) >= 11 is 0. The number of rotatable bonds is 4. The lowest BCUT2D eigenvalue weighted by Gasteiger charge is -1.98. The molecule has 0 bridgehead atoms. The molecular formula is C18H16N4O. The van der Waals surface area contributed by atoms with Gasteiger partial charge in [0.1, 0.15) is 11.5 Å². The monoisotopic (exact) mass is 304 g/mol. The molecule has 0 spiro atoms. The van der Waals surface area contributed by atoms with Crippen LogP contribution in [0, 0.1) is 0 Å². The molecule has 23 heavy (non-hydrogen) atoms. The Labute approximate surface area is 134 Å². The Morgan fingerprint density at radius 1 is 0.739 bits per heavy atom. The first kappa shape index (κ1) is 14.8. The highest BCUT2D eigenvalue weighted by Crippen LogP contribution is 2.16. The molecule has 3 rings (SSSR count). The fourth-order valence-electron chi connectivity index (χ4n) is 2.02. The van der Waals surface area contributed by atoms with Crippen LogP contribution in [0.2, 0.25) is 0 Å². The molecule has 3 aromatic heterocycles. The highest BCUT2D eigenvalue weighted by atomic mass is 16.3. The van der Waals surface area contributed by atoms with Crippen LogP contribution in [0.5, 0.6) is 0 Å². The molecular weight excluding hydrogens is 288 g/mol. The van der Waals surface area contributed by atoms with E-state index in [4.69, 9.17) is 4.42 Å². The van der Waals surface area contributed by atoms with E-state index in [9.17, 15) is 0 Å². The summed E-state index contributed by atoms with van der Waals surface area (Å²) in [5.74, 6) is 2.70.